The molecule has 0 bridgehead atoms. The van der Waals surface area contributed by atoms with Crippen LogP contribution in [0, 0.1) is 0 Å². The molecule has 61 heavy (non-hydrogen) atoms. The number of fused-ring (bicyclic) bond motifs is 7. The maximum absolute atomic E-state index is 6.55. The summed E-state index contributed by atoms with van der Waals surface area (Å²) < 4.78 is 8.94. The van der Waals surface area contributed by atoms with Crippen molar-refractivity contribution in [2.24, 2.45) is 0 Å². The van der Waals surface area contributed by atoms with Gasteiger partial charge in [-0.25, -0.2) is 0 Å². The summed E-state index contributed by atoms with van der Waals surface area (Å²) in [5.41, 5.74) is 15.4. The quantitative estimate of drug-likeness (QED) is 0.161. The molecule has 12 aromatic rings. The van der Waals surface area contributed by atoms with Gasteiger partial charge in [0.2, 0.25) is 0 Å². The van der Waals surface area contributed by atoms with Crippen LogP contribution in [0.5, 0.6) is 0 Å². The van der Waals surface area contributed by atoms with Crippen LogP contribution in [0.15, 0.2) is 235 Å². The summed E-state index contributed by atoms with van der Waals surface area (Å²) in [7, 11) is 0. The summed E-state index contributed by atoms with van der Waals surface area (Å²) in [6, 6.07) is 83.0. The molecule has 3 heteroatoms. The van der Waals surface area contributed by atoms with Gasteiger partial charge in [-0.2, -0.15) is 0 Å². The Balaban J connectivity index is 1.12. The van der Waals surface area contributed by atoms with Crippen LogP contribution in [0.2, 0.25) is 0 Å². The first-order valence-corrected chi connectivity index (χ1v) is 20.8. The molecule has 10 aromatic carbocycles. The number of para-hydroxylation sites is 3. The number of nitrogens with zero attached hydrogens (tertiary/aromatic N) is 2. The standard InChI is InChI=1S/C58H38N2O/c1-4-17-39(18-5-1)41-35-42(40-19-6-2-7-20-40)37-45(36-41)59(44-31-32-50-49-25-13-15-30-56(49)61-57(50)38-44)54-34-33-47(46-23-10-11-24-48(46)54)51-27-16-29-55-58(51)52-26-12-14-28-53(52)60(55)43-21-8-3-9-22-43/h1-38H. The van der Waals surface area contributed by atoms with E-state index in [-0.39, 0.29) is 0 Å². The van der Waals surface area contributed by atoms with Crippen LogP contribution in [-0.4, -0.2) is 4.57 Å². The number of hydrogen-bond acceptors (Lipinski definition) is 2. The average Bonchev–Trinajstić information content (AvgIpc) is 3.88. The normalized spacial score (nSPS) is 11.6. The second-order valence-electron chi connectivity index (χ2n) is 15.7. The van der Waals surface area contributed by atoms with Gasteiger partial charge in [-0.3, -0.25) is 0 Å². The van der Waals surface area contributed by atoms with E-state index in [1.54, 1.807) is 0 Å². The highest BCUT2D eigenvalue weighted by molar-refractivity contribution is 6.19. The van der Waals surface area contributed by atoms with Gasteiger partial charge in [0, 0.05) is 50.1 Å². The summed E-state index contributed by atoms with van der Waals surface area (Å²) in [4.78, 5) is 2.42. The third-order valence-corrected chi connectivity index (χ3v) is 12.2. The summed E-state index contributed by atoms with van der Waals surface area (Å²) in [6.07, 6.45) is 0. The van der Waals surface area contributed by atoms with Gasteiger partial charge in [-0.1, -0.05) is 158 Å². The number of aromatic nitrogens is 1. The number of hydrogen-bond donors (Lipinski definition) is 0. The maximum atomic E-state index is 6.55. The van der Waals surface area contributed by atoms with Crippen molar-refractivity contribution >= 4 is 71.6 Å². The van der Waals surface area contributed by atoms with Gasteiger partial charge in [-0.15, -0.1) is 0 Å². The van der Waals surface area contributed by atoms with E-state index in [9.17, 15) is 0 Å². The molecule has 0 N–H and O–H groups in total. The van der Waals surface area contributed by atoms with Gasteiger partial charge >= 0.3 is 0 Å². The lowest BCUT2D eigenvalue weighted by molar-refractivity contribution is 0.669. The fraction of sp³-hybridized carbons (Fsp3) is 0. The lowest BCUT2D eigenvalue weighted by atomic mass is 9.93. The van der Waals surface area contributed by atoms with Crippen LogP contribution < -0.4 is 4.90 Å². The first-order valence-electron chi connectivity index (χ1n) is 20.8. The highest BCUT2D eigenvalue weighted by atomic mass is 16.3. The molecule has 3 nitrogen and oxygen atoms in total. The van der Waals surface area contributed by atoms with Gasteiger partial charge in [0.1, 0.15) is 11.2 Å². The largest absolute Gasteiger partial charge is 0.456 e. The molecule has 0 saturated heterocycles. The lowest BCUT2D eigenvalue weighted by Crippen LogP contribution is -2.11. The Hall–Kier alpha value is -8.14. The van der Waals surface area contributed by atoms with Gasteiger partial charge in [-0.05, 0) is 105 Å². The zero-order valence-electron chi connectivity index (χ0n) is 33.2. The summed E-state index contributed by atoms with van der Waals surface area (Å²) >= 11 is 0. The minimum Gasteiger partial charge on any atom is -0.456 e. The van der Waals surface area contributed by atoms with Crippen molar-refractivity contribution in [1.29, 1.82) is 0 Å². The van der Waals surface area contributed by atoms with Crippen molar-refractivity contribution < 1.29 is 4.42 Å². The Morgan fingerprint density at radius 2 is 0.918 bits per heavy atom. The van der Waals surface area contributed by atoms with Crippen molar-refractivity contribution in [3.63, 3.8) is 0 Å². The number of rotatable bonds is 7. The predicted octanol–water partition coefficient (Wildman–Crippen LogP) is 16.3. The monoisotopic (exact) mass is 778 g/mol. The number of benzene rings is 10. The molecule has 0 amide bonds. The Morgan fingerprint density at radius 1 is 0.328 bits per heavy atom. The Labute approximate surface area is 353 Å². The van der Waals surface area contributed by atoms with Crippen molar-refractivity contribution in [1.82, 2.24) is 4.57 Å². The van der Waals surface area contributed by atoms with Crippen molar-refractivity contribution in [2.45, 2.75) is 0 Å². The van der Waals surface area contributed by atoms with Crippen LogP contribution >= 0.6 is 0 Å². The molecule has 0 aliphatic carbocycles. The van der Waals surface area contributed by atoms with Crippen molar-refractivity contribution in [2.75, 3.05) is 4.90 Å². The second-order valence-corrected chi connectivity index (χ2v) is 15.7. The molecule has 0 radical (unpaired) electrons. The zero-order chi connectivity index (χ0) is 40.3. The SMILES string of the molecule is c1ccc(-c2cc(-c3ccccc3)cc(N(c3ccc4c(c3)oc3ccccc34)c3ccc(-c4cccc5c4c4ccccc4n5-c4ccccc4)c4ccccc34)c2)cc1. The molecule has 12 rings (SSSR count). The fourth-order valence-corrected chi connectivity index (χ4v) is 9.43. The Bertz CT molecular complexity index is 3530. The van der Waals surface area contributed by atoms with Crippen molar-refractivity contribution in [3.05, 3.63) is 231 Å². The van der Waals surface area contributed by atoms with Crippen LogP contribution in [0.4, 0.5) is 17.1 Å². The molecule has 0 spiro atoms. The van der Waals surface area contributed by atoms with E-state index in [2.05, 4.69) is 228 Å². The van der Waals surface area contributed by atoms with E-state index in [1.807, 2.05) is 12.1 Å². The Kier molecular flexibility index (Phi) is 8.17. The molecule has 0 unspecified atom stereocenters. The van der Waals surface area contributed by atoms with Crippen LogP contribution in [0.25, 0.3) is 93.6 Å². The third kappa shape index (κ3) is 5.82. The van der Waals surface area contributed by atoms with E-state index in [0.29, 0.717) is 0 Å². The van der Waals surface area contributed by atoms with E-state index in [4.69, 9.17) is 4.42 Å². The highest BCUT2D eigenvalue weighted by Gasteiger charge is 2.22. The van der Waals surface area contributed by atoms with Gasteiger partial charge in [0.25, 0.3) is 0 Å². The van der Waals surface area contributed by atoms with E-state index >= 15 is 0 Å². The van der Waals surface area contributed by atoms with Crippen LogP contribution in [0.3, 0.4) is 0 Å². The lowest BCUT2D eigenvalue weighted by Gasteiger charge is -2.28. The van der Waals surface area contributed by atoms with Gasteiger partial charge < -0.3 is 13.9 Å². The Morgan fingerprint density at radius 3 is 1.66 bits per heavy atom. The van der Waals surface area contributed by atoms with Crippen LogP contribution in [0.1, 0.15) is 0 Å². The molecule has 0 saturated carbocycles. The van der Waals surface area contributed by atoms with Crippen molar-refractivity contribution in [3.8, 4) is 39.1 Å². The number of anilines is 3. The molecule has 2 heterocycles. The summed E-state index contributed by atoms with van der Waals surface area (Å²) in [6.45, 7) is 0. The zero-order valence-corrected chi connectivity index (χ0v) is 33.2. The van der Waals surface area contributed by atoms with Crippen LogP contribution in [-0.2, 0) is 0 Å². The summed E-state index contributed by atoms with van der Waals surface area (Å²) in [5.74, 6) is 0. The maximum Gasteiger partial charge on any atom is 0.137 e. The first kappa shape index (κ1) is 34.9. The van der Waals surface area contributed by atoms with E-state index in [0.717, 1.165) is 72.3 Å². The number of furan rings is 1. The molecule has 0 fully saturated rings. The molecular weight excluding hydrogens is 741 g/mol. The molecule has 2 aromatic heterocycles. The highest BCUT2D eigenvalue weighted by Crippen LogP contribution is 2.47. The second kappa shape index (κ2) is 14.3. The third-order valence-electron chi connectivity index (χ3n) is 12.2. The fourth-order valence-electron chi connectivity index (χ4n) is 9.43. The minimum absolute atomic E-state index is 0.855. The van der Waals surface area contributed by atoms with E-state index in [1.165, 1.54) is 38.3 Å². The minimum atomic E-state index is 0.855. The predicted molar refractivity (Wildman–Crippen MR) is 257 cm³/mol. The molecular formula is C58H38N2O. The first-order chi connectivity index (χ1) is 30.3. The molecule has 286 valence electrons. The molecule has 0 aliphatic rings. The van der Waals surface area contributed by atoms with E-state index < -0.39 is 0 Å². The molecule has 0 atom stereocenters. The average molecular weight is 779 g/mol. The summed E-state index contributed by atoms with van der Waals surface area (Å²) in [5, 5.41) is 7.03. The smallest absolute Gasteiger partial charge is 0.137 e. The topological polar surface area (TPSA) is 21.3 Å². The van der Waals surface area contributed by atoms with Gasteiger partial charge in [0.15, 0.2) is 0 Å². The van der Waals surface area contributed by atoms with Gasteiger partial charge in [0.05, 0.1) is 16.7 Å². The molecule has 0 aliphatic heterocycles.